The molecule has 2 rings (SSSR count). The van der Waals surface area contributed by atoms with E-state index in [9.17, 15) is 4.39 Å². The lowest BCUT2D eigenvalue weighted by atomic mass is 10.3. The zero-order valence-corrected chi connectivity index (χ0v) is 11.8. The molecule has 0 aliphatic carbocycles. The average Bonchev–Trinajstić information content (AvgIpc) is 2.25. The van der Waals surface area contributed by atoms with Crippen molar-refractivity contribution in [3.63, 3.8) is 0 Å². The van der Waals surface area contributed by atoms with Crippen molar-refractivity contribution in [3.8, 4) is 0 Å². The molecule has 0 unspecified atom stereocenters. The van der Waals surface area contributed by atoms with Crippen LogP contribution in [-0.2, 0) is 0 Å². The van der Waals surface area contributed by atoms with Gasteiger partial charge in [0.25, 0.3) is 0 Å². The first kappa shape index (κ1) is 12.2. The highest BCUT2D eigenvalue weighted by atomic mass is 127. The Morgan fingerprint density at radius 1 is 1.06 bits per heavy atom. The summed E-state index contributed by atoms with van der Waals surface area (Å²) in [5, 5.41) is 0.421. The topological polar surface area (TPSA) is 0 Å². The van der Waals surface area contributed by atoms with Gasteiger partial charge in [-0.15, -0.1) is 0 Å². The quantitative estimate of drug-likeness (QED) is 0.657. The van der Waals surface area contributed by atoms with E-state index in [1.807, 2.05) is 24.3 Å². The molecule has 0 N–H and O–H groups in total. The zero-order chi connectivity index (χ0) is 11.5. The maximum atomic E-state index is 13.5. The van der Waals surface area contributed by atoms with Crippen molar-refractivity contribution in [1.82, 2.24) is 0 Å². The summed E-state index contributed by atoms with van der Waals surface area (Å²) in [6.45, 7) is 0. The minimum absolute atomic E-state index is 0.281. The molecule has 0 spiro atoms. The van der Waals surface area contributed by atoms with E-state index in [1.165, 1.54) is 21.4 Å². The predicted molar refractivity (Wildman–Crippen MR) is 74.7 cm³/mol. The van der Waals surface area contributed by atoms with E-state index in [2.05, 4.69) is 22.6 Å². The molecule has 0 aliphatic rings. The Kier molecular flexibility index (Phi) is 4.10. The maximum absolute atomic E-state index is 13.5. The van der Waals surface area contributed by atoms with E-state index < -0.39 is 0 Å². The van der Waals surface area contributed by atoms with Gasteiger partial charge in [-0.3, -0.25) is 0 Å². The monoisotopic (exact) mass is 364 g/mol. The largest absolute Gasteiger partial charge is 0.206 e. The van der Waals surface area contributed by atoms with Crippen LogP contribution in [0.15, 0.2) is 52.3 Å². The molecule has 0 saturated heterocycles. The van der Waals surface area contributed by atoms with Gasteiger partial charge in [0.1, 0.15) is 5.82 Å². The molecule has 0 amide bonds. The van der Waals surface area contributed by atoms with Gasteiger partial charge in [-0.25, -0.2) is 4.39 Å². The van der Waals surface area contributed by atoms with Crippen LogP contribution in [0.4, 0.5) is 4.39 Å². The van der Waals surface area contributed by atoms with Crippen LogP contribution in [0.3, 0.4) is 0 Å². The van der Waals surface area contributed by atoms with Gasteiger partial charge in [-0.2, -0.15) is 0 Å². The molecule has 2 aromatic rings. The molecule has 0 saturated carbocycles. The minimum atomic E-state index is -0.281. The third kappa shape index (κ3) is 3.12. The zero-order valence-electron chi connectivity index (χ0n) is 8.08. The average molecular weight is 365 g/mol. The fourth-order valence-electron chi connectivity index (χ4n) is 1.19. The molecule has 0 radical (unpaired) electrons. The molecule has 0 nitrogen and oxygen atoms in total. The molecule has 0 bridgehead atoms. The van der Waals surface area contributed by atoms with Gasteiger partial charge in [-0.05, 0) is 65.1 Å². The second-order valence-corrected chi connectivity index (χ2v) is 5.93. The maximum Gasteiger partial charge on any atom is 0.138 e. The Morgan fingerprint density at radius 3 is 2.38 bits per heavy atom. The van der Waals surface area contributed by atoms with E-state index in [0.29, 0.717) is 9.92 Å². The normalized spacial score (nSPS) is 10.4. The van der Waals surface area contributed by atoms with Gasteiger partial charge in [-0.1, -0.05) is 23.4 Å². The van der Waals surface area contributed by atoms with Crippen molar-refractivity contribution in [2.24, 2.45) is 0 Å². The van der Waals surface area contributed by atoms with E-state index in [4.69, 9.17) is 11.6 Å². The molecule has 16 heavy (non-hydrogen) atoms. The predicted octanol–water partition coefficient (Wildman–Crippen LogP) is 5.23. The summed E-state index contributed by atoms with van der Waals surface area (Å²) in [7, 11) is 0. The minimum Gasteiger partial charge on any atom is -0.206 e. The number of halogens is 3. The van der Waals surface area contributed by atoms with Gasteiger partial charge in [0.05, 0.1) is 0 Å². The van der Waals surface area contributed by atoms with Crippen LogP contribution in [0.25, 0.3) is 0 Å². The lowest BCUT2D eigenvalue weighted by Crippen LogP contribution is -1.81. The summed E-state index contributed by atoms with van der Waals surface area (Å²) in [4.78, 5) is 1.60. The summed E-state index contributed by atoms with van der Waals surface area (Å²) in [6, 6.07) is 12.7. The molecule has 0 heterocycles. The molecule has 2 aromatic carbocycles. The second-order valence-electron chi connectivity index (χ2n) is 3.13. The highest BCUT2D eigenvalue weighted by Crippen LogP contribution is 2.31. The molecule has 0 fully saturated rings. The summed E-state index contributed by atoms with van der Waals surface area (Å²) in [5.41, 5.74) is 0. The van der Waals surface area contributed by atoms with Crippen LogP contribution in [0.1, 0.15) is 0 Å². The van der Waals surface area contributed by atoms with Gasteiger partial charge in [0.15, 0.2) is 0 Å². The summed E-state index contributed by atoms with van der Waals surface area (Å²) in [5.74, 6) is -0.281. The van der Waals surface area contributed by atoms with E-state index >= 15 is 0 Å². The van der Waals surface area contributed by atoms with Crippen LogP contribution < -0.4 is 0 Å². The van der Waals surface area contributed by atoms with Crippen LogP contribution in [-0.4, -0.2) is 0 Å². The summed E-state index contributed by atoms with van der Waals surface area (Å²) >= 11 is 9.32. The first-order chi connectivity index (χ1) is 7.65. The van der Waals surface area contributed by atoms with Crippen molar-refractivity contribution in [2.75, 3.05) is 0 Å². The summed E-state index contributed by atoms with van der Waals surface area (Å²) < 4.78 is 14.7. The fraction of sp³-hybridized carbons (Fsp3) is 0. The number of hydrogen-bond donors (Lipinski definition) is 0. The van der Waals surface area contributed by atoms with Gasteiger partial charge in [0, 0.05) is 18.4 Å². The van der Waals surface area contributed by atoms with E-state index in [-0.39, 0.29) is 5.82 Å². The Labute approximate surface area is 116 Å². The van der Waals surface area contributed by atoms with Gasteiger partial charge < -0.3 is 0 Å². The smallest absolute Gasteiger partial charge is 0.138 e. The molecule has 82 valence electrons. The van der Waals surface area contributed by atoms with Crippen LogP contribution in [0.5, 0.6) is 0 Å². The molecule has 4 heteroatoms. The van der Waals surface area contributed by atoms with Crippen molar-refractivity contribution in [3.05, 3.63) is 56.9 Å². The SMILES string of the molecule is Fc1cc(Cl)ccc1Sc1ccc(I)cc1. The second kappa shape index (κ2) is 5.38. The highest BCUT2D eigenvalue weighted by Gasteiger charge is 2.04. The number of hydrogen-bond acceptors (Lipinski definition) is 1. The van der Waals surface area contributed by atoms with Crippen LogP contribution in [0.2, 0.25) is 5.02 Å². The van der Waals surface area contributed by atoms with Crippen molar-refractivity contribution < 1.29 is 4.39 Å². The number of benzene rings is 2. The van der Waals surface area contributed by atoms with Crippen LogP contribution in [0, 0.1) is 9.39 Å². The lowest BCUT2D eigenvalue weighted by Gasteiger charge is -2.03. The van der Waals surface area contributed by atoms with Crippen molar-refractivity contribution in [1.29, 1.82) is 0 Å². The molecule has 0 aliphatic heterocycles. The molecular weight excluding hydrogens is 358 g/mol. The van der Waals surface area contributed by atoms with Gasteiger partial charge in [0.2, 0.25) is 0 Å². The van der Waals surface area contributed by atoms with Crippen molar-refractivity contribution >= 4 is 46.0 Å². The lowest BCUT2D eigenvalue weighted by molar-refractivity contribution is 0.602. The Morgan fingerprint density at radius 2 is 1.75 bits per heavy atom. The van der Waals surface area contributed by atoms with E-state index in [0.717, 1.165) is 4.90 Å². The Hall–Kier alpha value is -0.260. The first-order valence-electron chi connectivity index (χ1n) is 4.53. The Bertz CT molecular complexity index is 499. The van der Waals surface area contributed by atoms with Crippen LogP contribution >= 0.6 is 46.0 Å². The molecule has 0 aromatic heterocycles. The summed E-state index contributed by atoms with van der Waals surface area (Å²) in [6.07, 6.45) is 0. The fourth-order valence-corrected chi connectivity index (χ4v) is 2.52. The molecule has 0 atom stereocenters. The first-order valence-corrected chi connectivity index (χ1v) is 6.81. The third-order valence-electron chi connectivity index (χ3n) is 1.94. The molecular formula is C12H7ClFIS. The standard InChI is InChI=1S/C12H7ClFIS/c13-8-1-6-12(11(14)7-8)16-10-4-2-9(15)3-5-10/h1-7H. The van der Waals surface area contributed by atoms with Crippen molar-refractivity contribution in [2.45, 2.75) is 9.79 Å². The van der Waals surface area contributed by atoms with Gasteiger partial charge >= 0.3 is 0 Å². The Balaban J connectivity index is 2.23. The van der Waals surface area contributed by atoms with E-state index in [1.54, 1.807) is 12.1 Å². The number of rotatable bonds is 2. The highest BCUT2D eigenvalue weighted by molar-refractivity contribution is 14.1. The third-order valence-corrected chi connectivity index (χ3v) is 3.95.